The second kappa shape index (κ2) is 6.57. The molecule has 1 aromatic rings. The Kier molecular flexibility index (Phi) is 5.38. The van der Waals surface area contributed by atoms with Crippen molar-refractivity contribution in [2.75, 3.05) is 13.1 Å². The molecule has 0 aliphatic carbocycles. The molecule has 1 unspecified atom stereocenters. The summed E-state index contributed by atoms with van der Waals surface area (Å²) in [6, 6.07) is 4.19. The zero-order valence-corrected chi connectivity index (χ0v) is 10.5. The highest BCUT2D eigenvalue weighted by atomic mass is 35.5. The van der Waals surface area contributed by atoms with E-state index in [1.54, 1.807) is 12.4 Å². The molecule has 94 valence electrons. The number of hydrogen-bond donors (Lipinski definition) is 1. The molecule has 0 saturated carbocycles. The molecular formula is C12H18ClN3O. The van der Waals surface area contributed by atoms with Gasteiger partial charge in [0.1, 0.15) is 0 Å². The Morgan fingerprint density at radius 3 is 2.82 bits per heavy atom. The number of nitrogens with zero attached hydrogens (tertiary/aromatic N) is 2. The van der Waals surface area contributed by atoms with E-state index in [0.717, 1.165) is 19.4 Å². The number of carbonyl (C=O) groups is 1. The number of amides is 1. The van der Waals surface area contributed by atoms with Crippen LogP contribution in [0.25, 0.3) is 0 Å². The third kappa shape index (κ3) is 3.17. The van der Waals surface area contributed by atoms with E-state index in [1.165, 1.54) is 5.56 Å². The molecule has 1 saturated heterocycles. The van der Waals surface area contributed by atoms with E-state index in [2.05, 4.69) is 4.98 Å². The van der Waals surface area contributed by atoms with E-state index >= 15 is 0 Å². The smallest absolute Gasteiger partial charge is 0.224 e. The minimum atomic E-state index is 0. The van der Waals surface area contributed by atoms with Gasteiger partial charge in [-0.1, -0.05) is 0 Å². The van der Waals surface area contributed by atoms with Crippen LogP contribution in [-0.4, -0.2) is 28.9 Å². The van der Waals surface area contributed by atoms with Crippen LogP contribution >= 0.6 is 12.4 Å². The molecule has 2 heterocycles. The molecule has 1 atom stereocenters. The Bertz CT molecular complexity index is 358. The van der Waals surface area contributed by atoms with Crippen LogP contribution in [-0.2, 0) is 4.79 Å². The van der Waals surface area contributed by atoms with Crippen LogP contribution in [0, 0.1) is 0 Å². The third-order valence-electron chi connectivity index (χ3n) is 3.02. The molecule has 1 aliphatic rings. The second-order valence-electron chi connectivity index (χ2n) is 4.06. The van der Waals surface area contributed by atoms with Crippen molar-refractivity contribution in [3.05, 3.63) is 30.1 Å². The van der Waals surface area contributed by atoms with Gasteiger partial charge in [0.15, 0.2) is 0 Å². The Hall–Kier alpha value is -1.13. The fraction of sp³-hybridized carbons (Fsp3) is 0.500. The Labute approximate surface area is 108 Å². The summed E-state index contributed by atoms with van der Waals surface area (Å²) in [5.41, 5.74) is 6.60. The summed E-state index contributed by atoms with van der Waals surface area (Å²) in [5.74, 6) is 0.168. The van der Waals surface area contributed by atoms with E-state index in [4.69, 9.17) is 5.73 Å². The number of carbonyl (C=O) groups excluding carboxylic acids is 1. The lowest BCUT2D eigenvalue weighted by Crippen LogP contribution is -2.31. The van der Waals surface area contributed by atoms with Crippen molar-refractivity contribution < 1.29 is 4.79 Å². The van der Waals surface area contributed by atoms with E-state index in [0.29, 0.717) is 13.0 Å². The number of hydrogen-bond acceptors (Lipinski definition) is 3. The zero-order chi connectivity index (χ0) is 11.4. The van der Waals surface area contributed by atoms with Crippen LogP contribution in [0.1, 0.15) is 30.9 Å². The van der Waals surface area contributed by atoms with Gasteiger partial charge in [0.05, 0.1) is 6.04 Å². The van der Waals surface area contributed by atoms with Crippen LogP contribution in [0.2, 0.25) is 0 Å². The standard InChI is InChI=1S/C12H17N3O.ClH/c13-6-3-12(16)15-9-1-2-11(15)10-4-7-14-8-5-10;/h4-5,7-8,11H,1-3,6,9,13H2;1H. The predicted molar refractivity (Wildman–Crippen MR) is 68.8 cm³/mol. The molecule has 1 amide bonds. The molecule has 1 fully saturated rings. The van der Waals surface area contributed by atoms with Crippen LogP contribution < -0.4 is 5.73 Å². The maximum absolute atomic E-state index is 11.9. The Balaban J connectivity index is 0.00000144. The highest BCUT2D eigenvalue weighted by molar-refractivity contribution is 5.85. The topological polar surface area (TPSA) is 59.2 Å². The summed E-state index contributed by atoms with van der Waals surface area (Å²) in [6.45, 7) is 1.28. The lowest BCUT2D eigenvalue weighted by Gasteiger charge is -2.24. The Morgan fingerprint density at radius 2 is 2.18 bits per heavy atom. The van der Waals surface area contributed by atoms with Crippen molar-refractivity contribution in [3.63, 3.8) is 0 Å². The zero-order valence-electron chi connectivity index (χ0n) is 9.71. The molecule has 17 heavy (non-hydrogen) atoms. The van der Waals surface area contributed by atoms with E-state index in [9.17, 15) is 4.79 Å². The summed E-state index contributed by atoms with van der Waals surface area (Å²) in [4.78, 5) is 17.8. The molecule has 1 aliphatic heterocycles. The molecule has 1 aromatic heterocycles. The average Bonchev–Trinajstić information content (AvgIpc) is 2.79. The van der Waals surface area contributed by atoms with E-state index < -0.39 is 0 Å². The minimum Gasteiger partial charge on any atom is -0.336 e. The average molecular weight is 256 g/mol. The quantitative estimate of drug-likeness (QED) is 0.891. The lowest BCUT2D eigenvalue weighted by atomic mass is 10.1. The van der Waals surface area contributed by atoms with Gasteiger partial charge >= 0.3 is 0 Å². The van der Waals surface area contributed by atoms with Gasteiger partial charge in [0.25, 0.3) is 0 Å². The van der Waals surface area contributed by atoms with Crippen LogP contribution in [0.3, 0.4) is 0 Å². The number of rotatable bonds is 3. The van der Waals surface area contributed by atoms with Gasteiger partial charge in [-0.15, -0.1) is 12.4 Å². The van der Waals surface area contributed by atoms with Crippen molar-refractivity contribution in [1.29, 1.82) is 0 Å². The minimum absolute atomic E-state index is 0. The van der Waals surface area contributed by atoms with Crippen LogP contribution in [0.4, 0.5) is 0 Å². The van der Waals surface area contributed by atoms with Crippen molar-refractivity contribution >= 4 is 18.3 Å². The molecule has 4 nitrogen and oxygen atoms in total. The van der Waals surface area contributed by atoms with E-state index in [1.807, 2.05) is 17.0 Å². The lowest BCUT2D eigenvalue weighted by molar-refractivity contribution is -0.131. The number of likely N-dealkylation sites (tertiary alicyclic amines) is 1. The maximum atomic E-state index is 11.9. The third-order valence-corrected chi connectivity index (χ3v) is 3.02. The number of nitrogens with two attached hydrogens (primary N) is 1. The summed E-state index contributed by atoms with van der Waals surface area (Å²) in [5, 5.41) is 0. The van der Waals surface area contributed by atoms with Crippen LogP contribution in [0.15, 0.2) is 24.5 Å². The molecule has 2 rings (SSSR count). The van der Waals surface area contributed by atoms with Gasteiger partial charge in [-0.05, 0) is 30.5 Å². The summed E-state index contributed by atoms with van der Waals surface area (Å²) < 4.78 is 0. The number of halogens is 1. The normalized spacial score (nSPS) is 18.9. The molecule has 0 radical (unpaired) electrons. The van der Waals surface area contributed by atoms with Gasteiger partial charge in [-0.25, -0.2) is 0 Å². The van der Waals surface area contributed by atoms with Gasteiger partial charge in [0, 0.05) is 31.9 Å². The Morgan fingerprint density at radius 1 is 1.47 bits per heavy atom. The summed E-state index contributed by atoms with van der Waals surface area (Å²) in [7, 11) is 0. The van der Waals surface area contributed by atoms with Crippen molar-refractivity contribution in [1.82, 2.24) is 9.88 Å². The fourth-order valence-electron chi connectivity index (χ4n) is 2.26. The van der Waals surface area contributed by atoms with Crippen molar-refractivity contribution in [2.24, 2.45) is 5.73 Å². The highest BCUT2D eigenvalue weighted by Crippen LogP contribution is 2.31. The highest BCUT2D eigenvalue weighted by Gasteiger charge is 2.28. The fourth-order valence-corrected chi connectivity index (χ4v) is 2.26. The van der Waals surface area contributed by atoms with Gasteiger partial charge in [0.2, 0.25) is 5.91 Å². The first kappa shape index (κ1) is 13.9. The van der Waals surface area contributed by atoms with Crippen LogP contribution in [0.5, 0.6) is 0 Å². The second-order valence-corrected chi connectivity index (χ2v) is 4.06. The molecule has 2 N–H and O–H groups in total. The first-order valence-corrected chi connectivity index (χ1v) is 5.72. The van der Waals surface area contributed by atoms with Crippen molar-refractivity contribution in [2.45, 2.75) is 25.3 Å². The molecular weight excluding hydrogens is 238 g/mol. The van der Waals surface area contributed by atoms with E-state index in [-0.39, 0.29) is 24.4 Å². The maximum Gasteiger partial charge on any atom is 0.224 e. The van der Waals surface area contributed by atoms with Gasteiger partial charge in [-0.3, -0.25) is 9.78 Å². The summed E-state index contributed by atoms with van der Waals surface area (Å²) >= 11 is 0. The predicted octanol–water partition coefficient (Wildman–Crippen LogP) is 1.52. The van der Waals surface area contributed by atoms with Gasteiger partial charge in [-0.2, -0.15) is 0 Å². The SMILES string of the molecule is Cl.NCCC(=O)N1CCCC1c1ccncc1. The first-order valence-electron chi connectivity index (χ1n) is 5.72. The number of aromatic nitrogens is 1. The molecule has 0 spiro atoms. The monoisotopic (exact) mass is 255 g/mol. The summed E-state index contributed by atoms with van der Waals surface area (Å²) in [6.07, 6.45) is 6.11. The molecule has 0 bridgehead atoms. The number of pyridine rings is 1. The molecule has 5 heteroatoms. The van der Waals surface area contributed by atoms with Gasteiger partial charge < -0.3 is 10.6 Å². The molecule has 0 aromatic carbocycles. The first-order chi connectivity index (χ1) is 7.83. The largest absolute Gasteiger partial charge is 0.336 e. The van der Waals surface area contributed by atoms with Crippen molar-refractivity contribution in [3.8, 4) is 0 Å².